The predicted octanol–water partition coefficient (Wildman–Crippen LogP) is 3.36. The highest BCUT2D eigenvalue weighted by molar-refractivity contribution is 5.57. The Bertz CT molecular complexity index is 448. The first-order valence-electron chi connectivity index (χ1n) is 4.16. The molecule has 5 heteroatoms. The average molecular weight is 213 g/mol. The van der Waals surface area contributed by atoms with Crippen LogP contribution in [-0.2, 0) is 6.18 Å². The fourth-order valence-electron chi connectivity index (χ4n) is 1.21. The second kappa shape index (κ2) is 3.42. The molecule has 2 aromatic rings. The molecule has 1 heterocycles. The quantitative estimate of drug-likeness (QED) is 0.725. The van der Waals surface area contributed by atoms with E-state index in [1.54, 1.807) is 0 Å². The van der Waals surface area contributed by atoms with Crippen LogP contribution in [0.15, 0.2) is 41.1 Å². The zero-order valence-corrected chi connectivity index (χ0v) is 7.45. The lowest BCUT2D eigenvalue weighted by Crippen LogP contribution is -2.04. The second-order valence-electron chi connectivity index (χ2n) is 2.96. The second-order valence-corrected chi connectivity index (χ2v) is 2.96. The van der Waals surface area contributed by atoms with Gasteiger partial charge in [-0.2, -0.15) is 13.2 Å². The van der Waals surface area contributed by atoms with Crippen molar-refractivity contribution in [2.45, 2.75) is 6.18 Å². The molecule has 0 radical (unpaired) electrons. The Morgan fingerprint density at radius 3 is 2.53 bits per heavy atom. The van der Waals surface area contributed by atoms with Crippen LogP contribution in [0.1, 0.15) is 5.56 Å². The van der Waals surface area contributed by atoms with E-state index < -0.39 is 11.7 Å². The summed E-state index contributed by atoms with van der Waals surface area (Å²) in [5.41, 5.74) is -0.335. The topological polar surface area (TPSA) is 26.0 Å². The first-order chi connectivity index (χ1) is 7.07. The molecule has 2 rings (SSSR count). The molecule has 78 valence electrons. The zero-order chi connectivity index (χ0) is 10.9. The van der Waals surface area contributed by atoms with E-state index in [-0.39, 0.29) is 0 Å². The summed E-state index contributed by atoms with van der Waals surface area (Å²) in [5.74, 6) is 0.320. The molecule has 0 unspecified atom stereocenters. The summed E-state index contributed by atoms with van der Waals surface area (Å²) >= 11 is 0. The zero-order valence-electron chi connectivity index (χ0n) is 7.45. The van der Waals surface area contributed by atoms with Gasteiger partial charge in [0.05, 0.1) is 11.8 Å². The Balaban J connectivity index is 2.44. The summed E-state index contributed by atoms with van der Waals surface area (Å²) in [6, 6.07) is 6.42. The van der Waals surface area contributed by atoms with Crippen molar-refractivity contribution in [3.05, 3.63) is 42.1 Å². The van der Waals surface area contributed by atoms with Crippen LogP contribution in [0.3, 0.4) is 0 Å². The Labute approximate surface area is 83.3 Å². The SMILES string of the molecule is FC(F)(F)c1cccc(-c2ccno2)c1. The summed E-state index contributed by atoms with van der Waals surface area (Å²) in [6.45, 7) is 0. The van der Waals surface area contributed by atoms with Crippen LogP contribution in [0.5, 0.6) is 0 Å². The number of rotatable bonds is 1. The fraction of sp³-hybridized carbons (Fsp3) is 0.100. The van der Waals surface area contributed by atoms with Crippen molar-refractivity contribution in [1.82, 2.24) is 5.16 Å². The molecule has 0 saturated carbocycles. The number of hydrogen-bond acceptors (Lipinski definition) is 2. The molecule has 0 atom stereocenters. The number of hydrogen-bond donors (Lipinski definition) is 0. The van der Waals surface area contributed by atoms with Gasteiger partial charge in [0.25, 0.3) is 0 Å². The molecule has 2 nitrogen and oxygen atoms in total. The van der Waals surface area contributed by atoms with E-state index in [9.17, 15) is 13.2 Å². The molecule has 0 fully saturated rings. The van der Waals surface area contributed by atoms with Gasteiger partial charge >= 0.3 is 6.18 Å². The number of aromatic nitrogens is 1. The third-order valence-corrected chi connectivity index (χ3v) is 1.91. The largest absolute Gasteiger partial charge is 0.416 e. The molecular formula is C10H6F3NO. The van der Waals surface area contributed by atoms with Gasteiger partial charge < -0.3 is 4.52 Å². The van der Waals surface area contributed by atoms with Crippen LogP contribution in [0.4, 0.5) is 13.2 Å². The normalized spacial score (nSPS) is 11.7. The molecule has 1 aromatic carbocycles. The van der Waals surface area contributed by atoms with E-state index in [1.807, 2.05) is 0 Å². The Hall–Kier alpha value is -1.78. The van der Waals surface area contributed by atoms with Gasteiger partial charge in [-0.15, -0.1) is 0 Å². The predicted molar refractivity (Wildman–Crippen MR) is 46.9 cm³/mol. The van der Waals surface area contributed by atoms with Crippen molar-refractivity contribution >= 4 is 0 Å². The van der Waals surface area contributed by atoms with Gasteiger partial charge in [0, 0.05) is 11.6 Å². The van der Waals surface area contributed by atoms with Gasteiger partial charge in [-0.25, -0.2) is 0 Å². The number of halogens is 3. The van der Waals surface area contributed by atoms with Crippen LogP contribution < -0.4 is 0 Å². The van der Waals surface area contributed by atoms with Gasteiger partial charge in [0.15, 0.2) is 5.76 Å². The van der Waals surface area contributed by atoms with Crippen LogP contribution >= 0.6 is 0 Å². The van der Waals surface area contributed by atoms with Crippen molar-refractivity contribution in [2.75, 3.05) is 0 Å². The maximum absolute atomic E-state index is 12.4. The van der Waals surface area contributed by atoms with E-state index in [0.717, 1.165) is 12.1 Å². The van der Waals surface area contributed by atoms with Gasteiger partial charge in [-0.1, -0.05) is 17.3 Å². The molecule has 0 spiro atoms. The molecular weight excluding hydrogens is 207 g/mol. The lowest BCUT2D eigenvalue weighted by atomic mass is 10.1. The summed E-state index contributed by atoms with van der Waals surface area (Å²) in [6.07, 6.45) is -2.95. The minimum Gasteiger partial charge on any atom is -0.356 e. The first kappa shape index (κ1) is 9.76. The Kier molecular flexibility index (Phi) is 2.22. The minimum atomic E-state index is -4.34. The number of benzene rings is 1. The van der Waals surface area contributed by atoms with Crippen molar-refractivity contribution in [3.8, 4) is 11.3 Å². The summed E-state index contributed by atoms with van der Waals surface area (Å²) in [7, 11) is 0. The summed E-state index contributed by atoms with van der Waals surface area (Å²) in [4.78, 5) is 0. The van der Waals surface area contributed by atoms with E-state index in [1.165, 1.54) is 24.4 Å². The highest BCUT2D eigenvalue weighted by atomic mass is 19.4. The van der Waals surface area contributed by atoms with Crippen molar-refractivity contribution < 1.29 is 17.7 Å². The molecule has 0 aliphatic heterocycles. The van der Waals surface area contributed by atoms with E-state index in [4.69, 9.17) is 4.52 Å². The molecule has 0 aliphatic carbocycles. The standard InChI is InChI=1S/C10H6F3NO/c11-10(12,13)8-3-1-2-7(6-8)9-4-5-14-15-9/h1-6H. The lowest BCUT2D eigenvalue weighted by molar-refractivity contribution is -0.137. The number of nitrogens with zero attached hydrogens (tertiary/aromatic N) is 1. The van der Waals surface area contributed by atoms with Crippen LogP contribution in [0.2, 0.25) is 0 Å². The molecule has 0 aliphatic rings. The van der Waals surface area contributed by atoms with Crippen molar-refractivity contribution in [1.29, 1.82) is 0 Å². The molecule has 0 amide bonds. The molecule has 0 N–H and O–H groups in total. The minimum absolute atomic E-state index is 0.320. The lowest BCUT2D eigenvalue weighted by Gasteiger charge is -2.06. The molecule has 15 heavy (non-hydrogen) atoms. The summed E-state index contributed by atoms with van der Waals surface area (Å²) in [5, 5.41) is 3.43. The Morgan fingerprint density at radius 2 is 1.93 bits per heavy atom. The first-order valence-corrected chi connectivity index (χ1v) is 4.16. The third-order valence-electron chi connectivity index (χ3n) is 1.91. The average Bonchev–Trinajstić information content (AvgIpc) is 2.69. The monoisotopic (exact) mass is 213 g/mol. The highest BCUT2D eigenvalue weighted by Crippen LogP contribution is 2.31. The molecule has 0 bridgehead atoms. The van der Waals surface area contributed by atoms with Crippen LogP contribution in [-0.4, -0.2) is 5.16 Å². The maximum Gasteiger partial charge on any atom is 0.416 e. The van der Waals surface area contributed by atoms with Crippen LogP contribution in [0, 0.1) is 0 Å². The summed E-state index contributed by atoms with van der Waals surface area (Å²) < 4.78 is 41.9. The van der Waals surface area contributed by atoms with Gasteiger partial charge in [-0.3, -0.25) is 0 Å². The van der Waals surface area contributed by atoms with E-state index >= 15 is 0 Å². The maximum atomic E-state index is 12.4. The van der Waals surface area contributed by atoms with E-state index in [2.05, 4.69) is 5.16 Å². The third kappa shape index (κ3) is 2.01. The van der Waals surface area contributed by atoms with Gasteiger partial charge in [-0.05, 0) is 12.1 Å². The van der Waals surface area contributed by atoms with Gasteiger partial charge in [0.2, 0.25) is 0 Å². The van der Waals surface area contributed by atoms with Crippen molar-refractivity contribution in [3.63, 3.8) is 0 Å². The molecule has 0 saturated heterocycles. The molecule has 1 aromatic heterocycles. The smallest absolute Gasteiger partial charge is 0.356 e. The highest BCUT2D eigenvalue weighted by Gasteiger charge is 2.30. The fourth-order valence-corrected chi connectivity index (χ4v) is 1.21. The van der Waals surface area contributed by atoms with Crippen molar-refractivity contribution in [2.24, 2.45) is 0 Å². The van der Waals surface area contributed by atoms with E-state index in [0.29, 0.717) is 11.3 Å². The number of alkyl halides is 3. The van der Waals surface area contributed by atoms with Gasteiger partial charge in [0.1, 0.15) is 0 Å². The Morgan fingerprint density at radius 1 is 1.13 bits per heavy atom. The van der Waals surface area contributed by atoms with Crippen LogP contribution in [0.25, 0.3) is 11.3 Å².